The summed E-state index contributed by atoms with van der Waals surface area (Å²) in [4.78, 5) is 12.2. The normalized spacial score (nSPS) is 10.8. The number of hydrogen-bond donors (Lipinski definition) is 0. The van der Waals surface area contributed by atoms with Crippen molar-refractivity contribution in [1.29, 1.82) is 0 Å². The van der Waals surface area contributed by atoms with Crippen molar-refractivity contribution in [3.05, 3.63) is 64.7 Å². The van der Waals surface area contributed by atoms with Crippen LogP contribution in [0.3, 0.4) is 0 Å². The van der Waals surface area contributed by atoms with Crippen LogP contribution in [0.5, 0.6) is 5.75 Å². The minimum absolute atomic E-state index is 0.0586. The Labute approximate surface area is 159 Å². The molecule has 146 valence electrons. The number of aryl methyl sites for hydroxylation is 1. The largest absolute Gasteiger partial charge is 0.420 e. The maximum atomic E-state index is 14.0. The predicted molar refractivity (Wildman–Crippen MR) is 101 cm³/mol. The lowest BCUT2D eigenvalue weighted by Crippen LogP contribution is -2.11. The highest BCUT2D eigenvalue weighted by molar-refractivity contribution is 5.91. The van der Waals surface area contributed by atoms with Crippen molar-refractivity contribution in [2.24, 2.45) is 0 Å². The third-order valence-electron chi connectivity index (χ3n) is 4.39. The summed E-state index contributed by atoms with van der Waals surface area (Å²) >= 11 is 0. The topological polar surface area (TPSA) is 35.5 Å². The molecule has 0 fully saturated rings. The molecule has 0 amide bonds. The summed E-state index contributed by atoms with van der Waals surface area (Å²) in [6.07, 6.45) is 6.99. The van der Waals surface area contributed by atoms with E-state index >= 15 is 0 Å². The van der Waals surface area contributed by atoms with Crippen LogP contribution in [-0.4, -0.2) is 13.1 Å². The third-order valence-corrected chi connectivity index (χ3v) is 4.39. The van der Waals surface area contributed by atoms with E-state index in [2.05, 4.69) is 6.92 Å². The van der Waals surface area contributed by atoms with E-state index in [9.17, 15) is 13.6 Å². The first-order valence-electron chi connectivity index (χ1n) is 9.33. The van der Waals surface area contributed by atoms with Gasteiger partial charge in [-0.05, 0) is 42.7 Å². The van der Waals surface area contributed by atoms with Crippen LogP contribution < -0.4 is 4.74 Å². The van der Waals surface area contributed by atoms with Crippen molar-refractivity contribution in [2.45, 2.75) is 52.1 Å². The first kappa shape index (κ1) is 21.0. The van der Waals surface area contributed by atoms with Crippen LogP contribution in [0, 0.1) is 11.6 Å². The fraction of sp³-hybridized carbons (Fsp3) is 0.409. The molecule has 2 aromatic rings. The van der Waals surface area contributed by atoms with Crippen molar-refractivity contribution >= 4 is 5.97 Å². The summed E-state index contributed by atoms with van der Waals surface area (Å²) in [5, 5.41) is 0. The molecular formula is C22H26F2O3. The maximum Gasteiger partial charge on any atom is 0.343 e. The summed E-state index contributed by atoms with van der Waals surface area (Å²) in [5.41, 5.74) is 1.51. The second-order valence-electron chi connectivity index (χ2n) is 6.53. The lowest BCUT2D eigenvalue weighted by molar-refractivity contribution is 0.0726. The summed E-state index contributed by atoms with van der Waals surface area (Å²) in [5.74, 6) is -3.41. The Balaban J connectivity index is 1.95. The van der Waals surface area contributed by atoms with Crippen LogP contribution in [0.1, 0.15) is 60.5 Å². The highest BCUT2D eigenvalue weighted by Crippen LogP contribution is 2.24. The molecule has 0 N–H and O–H groups in total. The second-order valence-corrected chi connectivity index (χ2v) is 6.53. The standard InChI is InChI=1S/C22H26F2O3/c1-3-4-5-6-7-8-16-9-11-17(12-10-16)22(25)27-19-14-13-18(15-26-2)20(23)21(19)24/h9-14H,3-8,15H2,1-2H3. The van der Waals surface area contributed by atoms with E-state index in [0.717, 1.165) is 18.4 Å². The van der Waals surface area contributed by atoms with Gasteiger partial charge in [-0.2, -0.15) is 4.39 Å². The average molecular weight is 376 g/mol. The zero-order valence-electron chi connectivity index (χ0n) is 15.9. The van der Waals surface area contributed by atoms with Gasteiger partial charge in [-0.15, -0.1) is 0 Å². The molecule has 0 bridgehead atoms. The van der Waals surface area contributed by atoms with Gasteiger partial charge < -0.3 is 9.47 Å². The number of benzene rings is 2. The number of methoxy groups -OCH3 is 1. The molecule has 0 aliphatic heterocycles. The minimum atomic E-state index is -1.19. The van der Waals surface area contributed by atoms with Gasteiger partial charge in [0.05, 0.1) is 12.2 Å². The average Bonchev–Trinajstić information content (AvgIpc) is 2.68. The Morgan fingerprint density at radius 3 is 2.30 bits per heavy atom. The van der Waals surface area contributed by atoms with Crippen LogP contribution in [0.4, 0.5) is 8.78 Å². The van der Waals surface area contributed by atoms with Crippen molar-refractivity contribution in [3.63, 3.8) is 0 Å². The van der Waals surface area contributed by atoms with Gasteiger partial charge in [0.25, 0.3) is 0 Å². The predicted octanol–water partition coefficient (Wildman–Crippen LogP) is 5.84. The van der Waals surface area contributed by atoms with E-state index in [-0.39, 0.29) is 12.2 Å². The molecule has 27 heavy (non-hydrogen) atoms. The van der Waals surface area contributed by atoms with E-state index in [1.54, 1.807) is 12.1 Å². The summed E-state index contributed by atoms with van der Waals surface area (Å²) < 4.78 is 37.8. The van der Waals surface area contributed by atoms with Crippen molar-refractivity contribution in [2.75, 3.05) is 7.11 Å². The fourth-order valence-corrected chi connectivity index (χ4v) is 2.82. The molecule has 0 unspecified atom stereocenters. The first-order chi connectivity index (χ1) is 13.1. The molecule has 0 saturated carbocycles. The molecule has 0 radical (unpaired) electrons. The van der Waals surface area contributed by atoms with Crippen LogP contribution in [0.15, 0.2) is 36.4 Å². The Hall–Kier alpha value is -2.27. The molecule has 3 nitrogen and oxygen atoms in total. The molecule has 5 heteroatoms. The third kappa shape index (κ3) is 6.14. The monoisotopic (exact) mass is 376 g/mol. The van der Waals surface area contributed by atoms with Gasteiger partial charge in [-0.3, -0.25) is 0 Å². The molecule has 0 aliphatic rings. The molecule has 0 atom stereocenters. The number of esters is 1. The Morgan fingerprint density at radius 2 is 1.63 bits per heavy atom. The Kier molecular flexibility index (Phi) is 8.40. The van der Waals surface area contributed by atoms with Crippen molar-refractivity contribution < 1.29 is 23.0 Å². The number of rotatable bonds is 10. The minimum Gasteiger partial charge on any atom is -0.420 e. The zero-order chi connectivity index (χ0) is 19.6. The van der Waals surface area contributed by atoms with Gasteiger partial charge >= 0.3 is 5.97 Å². The fourth-order valence-electron chi connectivity index (χ4n) is 2.82. The van der Waals surface area contributed by atoms with Crippen LogP contribution >= 0.6 is 0 Å². The second kappa shape index (κ2) is 10.8. The van der Waals surface area contributed by atoms with Crippen LogP contribution in [0.2, 0.25) is 0 Å². The number of hydrogen-bond acceptors (Lipinski definition) is 3. The Bertz CT molecular complexity index is 742. The number of halogens is 2. The molecule has 0 spiro atoms. The van der Waals surface area contributed by atoms with E-state index in [4.69, 9.17) is 9.47 Å². The van der Waals surface area contributed by atoms with E-state index in [1.807, 2.05) is 12.1 Å². The van der Waals surface area contributed by atoms with Crippen molar-refractivity contribution in [3.8, 4) is 5.75 Å². The van der Waals surface area contributed by atoms with Crippen LogP contribution in [0.25, 0.3) is 0 Å². The molecule has 0 heterocycles. The van der Waals surface area contributed by atoms with Gasteiger partial charge in [0, 0.05) is 12.7 Å². The first-order valence-corrected chi connectivity index (χ1v) is 9.33. The highest BCUT2D eigenvalue weighted by Gasteiger charge is 2.18. The Morgan fingerprint density at radius 1 is 0.926 bits per heavy atom. The SMILES string of the molecule is CCCCCCCc1ccc(C(=O)Oc2ccc(COC)c(F)c2F)cc1. The van der Waals surface area contributed by atoms with Gasteiger partial charge in [0.2, 0.25) is 5.82 Å². The van der Waals surface area contributed by atoms with Gasteiger partial charge in [-0.25, -0.2) is 9.18 Å². The number of carbonyl (C=O) groups is 1. The molecule has 2 rings (SSSR count). The number of unbranched alkanes of at least 4 members (excludes halogenated alkanes) is 4. The summed E-state index contributed by atoms with van der Waals surface area (Å²) in [7, 11) is 1.39. The summed E-state index contributed by atoms with van der Waals surface area (Å²) in [6.45, 7) is 2.13. The molecule has 0 saturated heterocycles. The number of carbonyl (C=O) groups excluding carboxylic acids is 1. The lowest BCUT2D eigenvalue weighted by atomic mass is 10.0. The van der Waals surface area contributed by atoms with E-state index in [1.165, 1.54) is 44.9 Å². The summed E-state index contributed by atoms with van der Waals surface area (Å²) in [6, 6.07) is 9.61. The van der Waals surface area contributed by atoms with E-state index < -0.39 is 23.4 Å². The van der Waals surface area contributed by atoms with Gasteiger partial charge in [0.1, 0.15) is 0 Å². The van der Waals surface area contributed by atoms with Gasteiger partial charge in [0.15, 0.2) is 11.6 Å². The zero-order valence-corrected chi connectivity index (χ0v) is 15.9. The van der Waals surface area contributed by atoms with Crippen molar-refractivity contribution in [1.82, 2.24) is 0 Å². The van der Waals surface area contributed by atoms with E-state index in [0.29, 0.717) is 5.56 Å². The smallest absolute Gasteiger partial charge is 0.343 e. The molecule has 2 aromatic carbocycles. The quantitative estimate of drug-likeness (QED) is 0.297. The van der Waals surface area contributed by atoms with Gasteiger partial charge in [-0.1, -0.05) is 44.7 Å². The highest BCUT2D eigenvalue weighted by atomic mass is 19.2. The molecule has 0 aliphatic carbocycles. The van der Waals surface area contributed by atoms with Crippen LogP contribution in [-0.2, 0) is 17.8 Å². The molecular weight excluding hydrogens is 350 g/mol. The maximum absolute atomic E-state index is 14.0. The number of ether oxygens (including phenoxy) is 2. The lowest BCUT2D eigenvalue weighted by Gasteiger charge is -2.09. The molecule has 0 aromatic heterocycles.